The Bertz CT molecular complexity index is 697. The number of hydrogen-bond donors (Lipinski definition) is 2. The van der Waals surface area contributed by atoms with Gasteiger partial charge in [0.2, 0.25) is 11.8 Å². The first-order chi connectivity index (χ1) is 14.5. The number of ether oxygens (including phenoxy) is 1. The highest BCUT2D eigenvalue weighted by Crippen LogP contribution is 2.46. The highest BCUT2D eigenvalue weighted by molar-refractivity contribution is 5.96. The lowest BCUT2D eigenvalue weighted by Crippen LogP contribution is -2.55. The maximum atomic E-state index is 13.8. The lowest BCUT2D eigenvalue weighted by atomic mass is 9.69. The van der Waals surface area contributed by atoms with Gasteiger partial charge in [0.15, 0.2) is 0 Å². The van der Waals surface area contributed by atoms with E-state index < -0.39 is 35.4 Å². The van der Waals surface area contributed by atoms with E-state index in [0.29, 0.717) is 12.8 Å². The van der Waals surface area contributed by atoms with Gasteiger partial charge >= 0.3 is 5.97 Å². The molecule has 1 heterocycles. The van der Waals surface area contributed by atoms with Crippen molar-refractivity contribution in [2.75, 3.05) is 13.2 Å². The van der Waals surface area contributed by atoms with Crippen molar-refractivity contribution in [1.29, 1.82) is 0 Å². The van der Waals surface area contributed by atoms with Crippen LogP contribution in [0.3, 0.4) is 0 Å². The molecule has 1 fully saturated rings. The van der Waals surface area contributed by atoms with Crippen LogP contribution in [0.2, 0.25) is 0 Å². The highest BCUT2D eigenvalue weighted by Gasteiger charge is 2.59. The van der Waals surface area contributed by atoms with Gasteiger partial charge < -0.3 is 20.1 Å². The molecule has 1 aliphatic heterocycles. The molecule has 0 aromatic rings. The summed E-state index contributed by atoms with van der Waals surface area (Å²) >= 11 is 0. The van der Waals surface area contributed by atoms with Gasteiger partial charge in [0, 0.05) is 11.5 Å². The summed E-state index contributed by atoms with van der Waals surface area (Å²) in [7, 11) is 0. The molecule has 0 saturated carbocycles. The molecular weight excluding hydrogens is 396 g/mol. The molecule has 2 rings (SSSR count). The Morgan fingerprint density at radius 3 is 2.35 bits per heavy atom. The number of aliphatic hydroxyl groups is 1. The van der Waals surface area contributed by atoms with Gasteiger partial charge in [0.1, 0.15) is 6.04 Å². The lowest BCUT2D eigenvalue weighted by molar-refractivity contribution is -0.156. The molecule has 7 heteroatoms. The second-order valence-corrected chi connectivity index (χ2v) is 10.2. The number of amides is 2. The Hall–Kier alpha value is -1.89. The predicted molar refractivity (Wildman–Crippen MR) is 119 cm³/mol. The second kappa shape index (κ2) is 10.2. The Balaban J connectivity index is 2.55. The normalized spacial score (nSPS) is 29.1. The number of esters is 1. The minimum absolute atomic E-state index is 0.117. The molecule has 7 nitrogen and oxygen atoms in total. The van der Waals surface area contributed by atoms with Crippen LogP contribution in [0.5, 0.6) is 0 Å². The van der Waals surface area contributed by atoms with Gasteiger partial charge in [-0.15, -0.1) is 0 Å². The molecule has 1 saturated heterocycles. The number of nitrogens with one attached hydrogen (secondary N) is 1. The number of likely N-dealkylation sites (tertiary alicyclic amines) is 1. The molecule has 6 atom stereocenters. The number of rotatable bonds is 8. The van der Waals surface area contributed by atoms with E-state index in [-0.39, 0.29) is 42.8 Å². The van der Waals surface area contributed by atoms with E-state index in [1.807, 2.05) is 53.7 Å². The summed E-state index contributed by atoms with van der Waals surface area (Å²) in [6, 6.07) is -1.25. The lowest BCUT2D eigenvalue weighted by Gasteiger charge is -2.36. The molecule has 176 valence electrons. The summed E-state index contributed by atoms with van der Waals surface area (Å²) in [5.41, 5.74) is -0.471. The SMILES string of the molecule is CCOC(=O)[C@H]1[C@H]2C(=O)N([C@@H](CO)CC(C)C)[C@H](C(=O)NC(C)(C)C)[C@H]2C=C[C@H]1CC. The number of hydrogen-bond acceptors (Lipinski definition) is 5. The van der Waals surface area contributed by atoms with Crippen molar-refractivity contribution in [2.24, 2.45) is 29.6 Å². The van der Waals surface area contributed by atoms with Crippen LogP contribution in [0.25, 0.3) is 0 Å². The molecule has 0 aromatic heterocycles. The zero-order chi connectivity index (χ0) is 23.5. The van der Waals surface area contributed by atoms with Gasteiger partial charge in [-0.05, 0) is 52.4 Å². The molecule has 2 aliphatic rings. The summed E-state index contributed by atoms with van der Waals surface area (Å²) in [6.45, 7) is 13.5. The Morgan fingerprint density at radius 1 is 1.23 bits per heavy atom. The average molecular weight is 437 g/mol. The zero-order valence-electron chi connectivity index (χ0n) is 20.1. The summed E-state index contributed by atoms with van der Waals surface area (Å²) in [6.07, 6.45) is 5.17. The zero-order valence-corrected chi connectivity index (χ0v) is 20.1. The van der Waals surface area contributed by atoms with E-state index in [1.165, 1.54) is 0 Å². The molecule has 0 unspecified atom stereocenters. The maximum Gasteiger partial charge on any atom is 0.310 e. The quantitative estimate of drug-likeness (QED) is 0.450. The van der Waals surface area contributed by atoms with Crippen molar-refractivity contribution in [3.63, 3.8) is 0 Å². The number of allylic oxidation sites excluding steroid dienone is 1. The molecule has 31 heavy (non-hydrogen) atoms. The van der Waals surface area contributed by atoms with Crippen molar-refractivity contribution < 1.29 is 24.2 Å². The van der Waals surface area contributed by atoms with Crippen LogP contribution in [-0.4, -0.2) is 58.6 Å². The van der Waals surface area contributed by atoms with Gasteiger partial charge in [-0.25, -0.2) is 0 Å². The van der Waals surface area contributed by atoms with Crippen molar-refractivity contribution in [3.8, 4) is 0 Å². The minimum atomic E-state index is -0.765. The number of carbonyl (C=O) groups is 3. The van der Waals surface area contributed by atoms with E-state index in [4.69, 9.17) is 4.74 Å². The largest absolute Gasteiger partial charge is 0.466 e. The third kappa shape index (κ3) is 5.48. The summed E-state index contributed by atoms with van der Waals surface area (Å²) in [4.78, 5) is 41.6. The van der Waals surface area contributed by atoms with E-state index in [0.717, 1.165) is 0 Å². The van der Waals surface area contributed by atoms with Crippen molar-refractivity contribution in [1.82, 2.24) is 10.2 Å². The molecular formula is C24H40N2O5. The van der Waals surface area contributed by atoms with Crippen LogP contribution in [-0.2, 0) is 19.1 Å². The fourth-order valence-corrected chi connectivity index (χ4v) is 5.05. The fourth-order valence-electron chi connectivity index (χ4n) is 5.05. The monoisotopic (exact) mass is 436 g/mol. The van der Waals surface area contributed by atoms with Crippen LogP contribution < -0.4 is 5.32 Å². The van der Waals surface area contributed by atoms with Gasteiger partial charge in [-0.1, -0.05) is 32.9 Å². The minimum Gasteiger partial charge on any atom is -0.466 e. The van der Waals surface area contributed by atoms with Crippen LogP contribution >= 0.6 is 0 Å². The van der Waals surface area contributed by atoms with E-state index in [2.05, 4.69) is 5.32 Å². The van der Waals surface area contributed by atoms with Gasteiger partial charge in [-0.2, -0.15) is 0 Å². The predicted octanol–water partition coefficient (Wildman–Crippen LogP) is 2.53. The van der Waals surface area contributed by atoms with Crippen LogP contribution in [0, 0.1) is 29.6 Å². The van der Waals surface area contributed by atoms with E-state index in [9.17, 15) is 19.5 Å². The van der Waals surface area contributed by atoms with Crippen molar-refractivity contribution >= 4 is 17.8 Å². The standard InChI is InChI=1S/C24H40N2O5/c1-8-15-10-11-17-19(18(15)23(30)31-9-2)22(29)26(16(13-27)12-14(3)4)20(17)21(28)25-24(5,6)7/h10-11,14-20,27H,8-9,12-13H2,1-7H3,(H,25,28)/t15-,16-,17+,18-,19+,20+/m1/s1. The summed E-state index contributed by atoms with van der Waals surface area (Å²) in [5, 5.41) is 13.1. The maximum absolute atomic E-state index is 13.8. The first-order valence-electron chi connectivity index (χ1n) is 11.6. The van der Waals surface area contributed by atoms with Gasteiger partial charge in [0.25, 0.3) is 0 Å². The first-order valence-corrected chi connectivity index (χ1v) is 11.6. The van der Waals surface area contributed by atoms with E-state index in [1.54, 1.807) is 11.8 Å². The van der Waals surface area contributed by atoms with Crippen molar-refractivity contribution in [3.05, 3.63) is 12.2 Å². The van der Waals surface area contributed by atoms with Crippen molar-refractivity contribution in [2.45, 2.75) is 78.9 Å². The fraction of sp³-hybridized carbons (Fsp3) is 0.792. The van der Waals surface area contributed by atoms with E-state index >= 15 is 0 Å². The van der Waals surface area contributed by atoms with Crippen LogP contribution in [0.15, 0.2) is 12.2 Å². The molecule has 2 amide bonds. The van der Waals surface area contributed by atoms with Crippen LogP contribution in [0.4, 0.5) is 0 Å². The molecule has 2 N–H and O–H groups in total. The second-order valence-electron chi connectivity index (χ2n) is 10.2. The van der Waals surface area contributed by atoms with Gasteiger partial charge in [0.05, 0.1) is 31.1 Å². The number of fused-ring (bicyclic) bond motifs is 1. The van der Waals surface area contributed by atoms with Gasteiger partial charge in [-0.3, -0.25) is 14.4 Å². The molecule has 0 aromatic carbocycles. The number of carbonyl (C=O) groups excluding carboxylic acids is 3. The average Bonchev–Trinajstić information content (AvgIpc) is 2.96. The number of aliphatic hydroxyl groups excluding tert-OH is 1. The highest BCUT2D eigenvalue weighted by atomic mass is 16.5. The Morgan fingerprint density at radius 2 is 1.87 bits per heavy atom. The first kappa shape index (κ1) is 25.4. The summed E-state index contributed by atoms with van der Waals surface area (Å²) < 4.78 is 5.34. The smallest absolute Gasteiger partial charge is 0.310 e. The van der Waals surface area contributed by atoms with Crippen LogP contribution in [0.1, 0.15) is 61.3 Å². The third-order valence-corrected chi connectivity index (χ3v) is 6.19. The summed E-state index contributed by atoms with van der Waals surface area (Å²) in [5.74, 6) is -2.48. The molecule has 0 bridgehead atoms. The number of nitrogens with zero attached hydrogens (tertiary/aromatic N) is 1. The third-order valence-electron chi connectivity index (χ3n) is 6.19. The Labute approximate surface area is 186 Å². The Kier molecular flexibility index (Phi) is 8.31. The topological polar surface area (TPSA) is 95.9 Å². The molecule has 0 radical (unpaired) electrons. The molecule has 0 spiro atoms. The molecule has 1 aliphatic carbocycles.